The van der Waals surface area contributed by atoms with Gasteiger partial charge in [0.2, 0.25) is 0 Å². The lowest BCUT2D eigenvalue weighted by Crippen LogP contribution is -2.44. The van der Waals surface area contributed by atoms with E-state index in [0.717, 1.165) is 25.6 Å². The van der Waals surface area contributed by atoms with Crippen LogP contribution in [-0.4, -0.2) is 37.0 Å². The fraction of sp³-hybridized carbons (Fsp3) is 0.846. The van der Waals surface area contributed by atoms with E-state index in [1.807, 2.05) is 0 Å². The van der Waals surface area contributed by atoms with Crippen LogP contribution in [0.4, 0.5) is 0 Å². The van der Waals surface area contributed by atoms with Gasteiger partial charge in [0.25, 0.3) is 0 Å². The lowest BCUT2D eigenvalue weighted by atomic mass is 9.73. The molecule has 5 unspecified atom stereocenters. The van der Waals surface area contributed by atoms with Gasteiger partial charge in [0, 0.05) is 25.5 Å². The normalized spacial score (nSPS) is 55.1. The molecular formula is C13H19NO2. The first kappa shape index (κ1) is 9.63. The number of likely N-dealkylation sites (N-methyl/N-ethyl adjacent to an activating group) is 1. The van der Waals surface area contributed by atoms with E-state index in [1.165, 1.54) is 12.8 Å². The Morgan fingerprint density at radius 1 is 1.38 bits per heavy atom. The average molecular weight is 221 g/mol. The van der Waals surface area contributed by atoms with Crippen LogP contribution in [0.15, 0.2) is 12.2 Å². The first-order valence-electron chi connectivity index (χ1n) is 6.49. The van der Waals surface area contributed by atoms with Crippen molar-refractivity contribution in [1.82, 2.24) is 5.06 Å². The highest BCUT2D eigenvalue weighted by molar-refractivity contribution is 5.24. The summed E-state index contributed by atoms with van der Waals surface area (Å²) in [5, 5.41) is 2.09. The van der Waals surface area contributed by atoms with Crippen molar-refractivity contribution in [3.8, 4) is 0 Å². The Balaban J connectivity index is 1.79. The van der Waals surface area contributed by atoms with Gasteiger partial charge in [-0.3, -0.25) is 4.84 Å². The third-order valence-electron chi connectivity index (χ3n) is 5.11. The smallest absolute Gasteiger partial charge is 0.101 e. The van der Waals surface area contributed by atoms with Gasteiger partial charge in [0.05, 0.1) is 12.6 Å². The van der Waals surface area contributed by atoms with Crippen molar-refractivity contribution in [3.05, 3.63) is 12.2 Å². The van der Waals surface area contributed by atoms with Gasteiger partial charge in [-0.1, -0.05) is 12.2 Å². The Morgan fingerprint density at radius 3 is 3.25 bits per heavy atom. The minimum Gasteiger partial charge on any atom is -0.380 e. The van der Waals surface area contributed by atoms with Gasteiger partial charge in [-0.15, -0.1) is 0 Å². The highest BCUT2D eigenvalue weighted by atomic mass is 16.7. The molecule has 88 valence electrons. The topological polar surface area (TPSA) is 21.7 Å². The molecule has 4 aliphatic rings. The lowest BCUT2D eigenvalue weighted by molar-refractivity contribution is -0.203. The van der Waals surface area contributed by atoms with Gasteiger partial charge in [-0.05, 0) is 25.2 Å². The minimum absolute atomic E-state index is 0.128. The van der Waals surface area contributed by atoms with E-state index in [0.29, 0.717) is 17.9 Å². The number of allylic oxidation sites excluding steroid dienone is 1. The van der Waals surface area contributed by atoms with E-state index in [9.17, 15) is 0 Å². The van der Waals surface area contributed by atoms with Gasteiger partial charge in [-0.2, -0.15) is 5.06 Å². The summed E-state index contributed by atoms with van der Waals surface area (Å²) in [5.74, 6) is 2.07. The van der Waals surface area contributed by atoms with Crippen LogP contribution in [0.1, 0.15) is 19.3 Å². The maximum atomic E-state index is 6.29. The zero-order valence-electron chi connectivity index (χ0n) is 9.76. The van der Waals surface area contributed by atoms with Crippen molar-refractivity contribution in [2.45, 2.75) is 30.9 Å². The maximum Gasteiger partial charge on any atom is 0.101 e. The number of hydrogen-bond acceptors (Lipinski definition) is 3. The molecule has 2 heterocycles. The number of ether oxygens (including phenoxy) is 1. The fourth-order valence-corrected chi connectivity index (χ4v) is 4.53. The molecule has 3 heteroatoms. The van der Waals surface area contributed by atoms with Gasteiger partial charge < -0.3 is 4.74 Å². The van der Waals surface area contributed by atoms with Crippen LogP contribution in [0.3, 0.4) is 0 Å². The van der Waals surface area contributed by atoms with Gasteiger partial charge in [0.1, 0.15) is 5.60 Å². The molecule has 0 N–H and O–H groups in total. The molecule has 4 rings (SSSR count). The SMILES string of the molecule is CN1OC23CCCOCC1C2C1C=CC3C1. The number of fused-ring (bicyclic) bond motifs is 2. The molecule has 16 heavy (non-hydrogen) atoms. The fourth-order valence-electron chi connectivity index (χ4n) is 4.53. The zero-order valence-corrected chi connectivity index (χ0v) is 9.76. The zero-order chi connectivity index (χ0) is 10.8. The monoisotopic (exact) mass is 221 g/mol. The van der Waals surface area contributed by atoms with Crippen LogP contribution in [0.2, 0.25) is 0 Å². The highest BCUT2D eigenvalue weighted by Crippen LogP contribution is 2.60. The van der Waals surface area contributed by atoms with Crippen LogP contribution >= 0.6 is 0 Å². The summed E-state index contributed by atoms with van der Waals surface area (Å²) in [4.78, 5) is 6.29. The van der Waals surface area contributed by atoms with E-state index in [1.54, 1.807) is 0 Å². The minimum atomic E-state index is 0.128. The molecular weight excluding hydrogens is 202 g/mol. The summed E-state index contributed by atoms with van der Waals surface area (Å²) in [6.07, 6.45) is 8.46. The van der Waals surface area contributed by atoms with Crippen molar-refractivity contribution in [1.29, 1.82) is 0 Å². The molecule has 2 aliphatic heterocycles. The van der Waals surface area contributed by atoms with Crippen LogP contribution in [0, 0.1) is 17.8 Å². The number of hydrogen-bond donors (Lipinski definition) is 0. The predicted octanol–water partition coefficient (Wildman–Crippen LogP) is 1.60. The molecule has 0 radical (unpaired) electrons. The van der Waals surface area contributed by atoms with E-state index in [4.69, 9.17) is 9.57 Å². The second-order valence-electron chi connectivity index (χ2n) is 5.75. The number of rotatable bonds is 0. The Kier molecular flexibility index (Phi) is 1.86. The van der Waals surface area contributed by atoms with E-state index in [2.05, 4.69) is 24.3 Å². The molecule has 1 saturated carbocycles. The van der Waals surface area contributed by atoms with Gasteiger partial charge >= 0.3 is 0 Å². The first-order valence-corrected chi connectivity index (χ1v) is 6.49. The Hall–Kier alpha value is -0.380. The van der Waals surface area contributed by atoms with Crippen molar-refractivity contribution in [3.63, 3.8) is 0 Å². The van der Waals surface area contributed by atoms with Crippen molar-refractivity contribution >= 4 is 0 Å². The molecule has 5 atom stereocenters. The Bertz CT molecular complexity index is 343. The summed E-state index contributed by atoms with van der Waals surface area (Å²) in [6.45, 7) is 1.75. The lowest BCUT2D eigenvalue weighted by Gasteiger charge is -2.36. The highest BCUT2D eigenvalue weighted by Gasteiger charge is 2.65. The second-order valence-corrected chi connectivity index (χ2v) is 5.75. The van der Waals surface area contributed by atoms with Gasteiger partial charge in [0.15, 0.2) is 0 Å². The first-order chi connectivity index (χ1) is 7.81. The van der Waals surface area contributed by atoms with Crippen molar-refractivity contribution in [2.75, 3.05) is 20.3 Å². The number of hydroxylamine groups is 2. The quantitative estimate of drug-likeness (QED) is 0.580. The maximum absolute atomic E-state index is 6.29. The summed E-state index contributed by atoms with van der Waals surface area (Å²) in [5.41, 5.74) is 0.128. The summed E-state index contributed by atoms with van der Waals surface area (Å²) in [6, 6.07) is 0.472. The number of nitrogens with zero attached hydrogens (tertiary/aromatic N) is 1. The van der Waals surface area contributed by atoms with E-state index >= 15 is 0 Å². The standard InChI is InChI=1S/C13H19NO2/c1-14-11-8-15-6-2-5-13(16-14)10-4-3-9(7-10)12(11)13/h3-4,9-12H,2,5-8H2,1H3. The van der Waals surface area contributed by atoms with E-state index in [-0.39, 0.29) is 5.60 Å². The summed E-state index contributed by atoms with van der Waals surface area (Å²) in [7, 11) is 2.08. The predicted molar refractivity (Wildman–Crippen MR) is 59.6 cm³/mol. The van der Waals surface area contributed by atoms with Crippen molar-refractivity contribution < 1.29 is 9.57 Å². The molecule has 3 nitrogen and oxygen atoms in total. The largest absolute Gasteiger partial charge is 0.380 e. The van der Waals surface area contributed by atoms with Crippen LogP contribution < -0.4 is 0 Å². The molecule has 4 bridgehead atoms. The van der Waals surface area contributed by atoms with Crippen LogP contribution in [0.5, 0.6) is 0 Å². The van der Waals surface area contributed by atoms with Gasteiger partial charge in [-0.25, -0.2) is 0 Å². The molecule has 0 spiro atoms. The molecule has 2 saturated heterocycles. The molecule has 2 aliphatic carbocycles. The third-order valence-corrected chi connectivity index (χ3v) is 5.11. The second kappa shape index (κ2) is 3.09. The molecule has 3 fully saturated rings. The summed E-state index contributed by atoms with van der Waals surface area (Å²) >= 11 is 0. The Labute approximate surface area is 96.3 Å². The summed E-state index contributed by atoms with van der Waals surface area (Å²) < 4.78 is 5.74. The molecule has 0 amide bonds. The Morgan fingerprint density at radius 2 is 2.31 bits per heavy atom. The van der Waals surface area contributed by atoms with E-state index < -0.39 is 0 Å². The molecule has 0 aromatic heterocycles. The van der Waals surface area contributed by atoms with Crippen LogP contribution in [0.25, 0.3) is 0 Å². The molecule has 0 aromatic carbocycles. The van der Waals surface area contributed by atoms with Crippen LogP contribution in [-0.2, 0) is 9.57 Å². The third kappa shape index (κ3) is 0.998. The average Bonchev–Trinajstić information content (AvgIpc) is 2.85. The van der Waals surface area contributed by atoms with Crippen molar-refractivity contribution in [2.24, 2.45) is 17.8 Å². The molecule has 0 aromatic rings.